The molecule has 0 amide bonds. The van der Waals surface area contributed by atoms with Gasteiger partial charge in [0.25, 0.3) is 0 Å². The number of ketones is 1. The smallest absolute Gasteiger partial charge is 0.129 e. The van der Waals surface area contributed by atoms with E-state index >= 15 is 0 Å². The fraction of sp³-hybridized carbons (Fsp3) is 0.727. The molecule has 0 fully saturated rings. The molecule has 0 rings (SSSR count). The lowest BCUT2D eigenvalue weighted by atomic mass is 10.1. The summed E-state index contributed by atoms with van der Waals surface area (Å²) in [7, 11) is 0.324. The second kappa shape index (κ2) is 6.00. The summed E-state index contributed by atoms with van der Waals surface area (Å²) in [5, 5.41) is 0. The van der Waals surface area contributed by atoms with E-state index < -0.39 is 8.07 Å². The van der Waals surface area contributed by atoms with Gasteiger partial charge in [0.15, 0.2) is 0 Å². The average Bonchev–Trinajstić information content (AvgIpc) is 2.02. The van der Waals surface area contributed by atoms with Gasteiger partial charge in [0.2, 0.25) is 0 Å². The van der Waals surface area contributed by atoms with Crippen molar-refractivity contribution in [3.05, 3.63) is 0 Å². The van der Waals surface area contributed by atoms with Crippen LogP contribution < -0.4 is 0 Å². The van der Waals surface area contributed by atoms with Crippen LogP contribution in [0.3, 0.4) is 0 Å². The first-order chi connectivity index (χ1) is 6.35. The van der Waals surface area contributed by atoms with Gasteiger partial charge < -0.3 is 9.53 Å². The standard InChI is InChI=1S/C11H20O2Si/c1-10(12)6-7-11(13-2)8-9-14(3,4)5/h11H,6-7H2,1-5H3. The molecule has 0 saturated heterocycles. The maximum absolute atomic E-state index is 10.8. The molecular weight excluding hydrogens is 192 g/mol. The van der Waals surface area contributed by atoms with Gasteiger partial charge in [-0.15, -0.1) is 5.54 Å². The Hall–Kier alpha value is -0.593. The van der Waals surface area contributed by atoms with Crippen LogP contribution in [0, 0.1) is 11.5 Å². The zero-order chi connectivity index (χ0) is 11.2. The Morgan fingerprint density at radius 1 is 1.43 bits per heavy atom. The van der Waals surface area contributed by atoms with E-state index in [0.29, 0.717) is 12.8 Å². The Balaban J connectivity index is 4.13. The second-order valence-electron chi connectivity index (χ2n) is 4.48. The molecule has 14 heavy (non-hydrogen) atoms. The molecule has 1 atom stereocenters. The fourth-order valence-corrected chi connectivity index (χ4v) is 1.47. The Morgan fingerprint density at radius 3 is 2.36 bits per heavy atom. The predicted molar refractivity (Wildman–Crippen MR) is 61.8 cm³/mol. The summed E-state index contributed by atoms with van der Waals surface area (Å²) < 4.78 is 5.19. The normalized spacial score (nSPS) is 12.9. The topological polar surface area (TPSA) is 26.3 Å². The molecule has 0 N–H and O–H groups in total. The van der Waals surface area contributed by atoms with Gasteiger partial charge in [-0.05, 0) is 13.3 Å². The quantitative estimate of drug-likeness (QED) is 0.528. The van der Waals surface area contributed by atoms with Crippen molar-refractivity contribution in [3.8, 4) is 11.5 Å². The highest BCUT2D eigenvalue weighted by Crippen LogP contribution is 2.03. The lowest BCUT2D eigenvalue weighted by Crippen LogP contribution is -2.18. The summed E-state index contributed by atoms with van der Waals surface area (Å²) >= 11 is 0. The Labute approximate surface area is 88.0 Å². The molecule has 0 saturated carbocycles. The SMILES string of the molecule is COC(C#C[Si](C)(C)C)CCC(C)=O. The van der Waals surface area contributed by atoms with Crippen LogP contribution in [0.5, 0.6) is 0 Å². The first-order valence-electron chi connectivity index (χ1n) is 4.90. The third-order valence-corrected chi connectivity index (χ3v) is 2.55. The molecule has 0 radical (unpaired) electrons. The van der Waals surface area contributed by atoms with Crippen molar-refractivity contribution in [3.63, 3.8) is 0 Å². The summed E-state index contributed by atoms with van der Waals surface area (Å²) in [5.74, 6) is 3.30. The monoisotopic (exact) mass is 212 g/mol. The molecule has 2 nitrogen and oxygen atoms in total. The van der Waals surface area contributed by atoms with E-state index in [4.69, 9.17) is 4.74 Å². The molecule has 0 aromatic carbocycles. The summed E-state index contributed by atoms with van der Waals surface area (Å²) in [6.45, 7) is 8.17. The zero-order valence-corrected chi connectivity index (χ0v) is 10.8. The van der Waals surface area contributed by atoms with Crippen molar-refractivity contribution in [1.82, 2.24) is 0 Å². The number of carbonyl (C=O) groups is 1. The highest BCUT2D eigenvalue weighted by Gasteiger charge is 2.10. The maximum atomic E-state index is 10.8. The number of methoxy groups -OCH3 is 1. The van der Waals surface area contributed by atoms with Gasteiger partial charge in [0, 0.05) is 13.5 Å². The number of hydrogen-bond acceptors (Lipinski definition) is 2. The molecule has 0 aliphatic carbocycles. The summed E-state index contributed by atoms with van der Waals surface area (Å²) in [6, 6.07) is 0. The van der Waals surface area contributed by atoms with Gasteiger partial charge in [-0.2, -0.15) is 0 Å². The van der Waals surface area contributed by atoms with Gasteiger partial charge in [0.1, 0.15) is 20.0 Å². The molecule has 80 valence electrons. The second-order valence-corrected chi connectivity index (χ2v) is 9.23. The molecule has 3 heteroatoms. The Bertz CT molecular complexity index is 242. The van der Waals surface area contributed by atoms with Crippen molar-refractivity contribution >= 4 is 13.9 Å². The van der Waals surface area contributed by atoms with Crippen molar-refractivity contribution in [1.29, 1.82) is 0 Å². The van der Waals surface area contributed by atoms with Crippen molar-refractivity contribution in [2.24, 2.45) is 0 Å². The van der Waals surface area contributed by atoms with E-state index in [1.54, 1.807) is 14.0 Å². The van der Waals surface area contributed by atoms with E-state index in [1.165, 1.54) is 0 Å². The van der Waals surface area contributed by atoms with Crippen molar-refractivity contribution in [2.75, 3.05) is 7.11 Å². The van der Waals surface area contributed by atoms with Gasteiger partial charge in [0.05, 0.1) is 0 Å². The van der Waals surface area contributed by atoms with E-state index in [9.17, 15) is 4.79 Å². The highest BCUT2D eigenvalue weighted by atomic mass is 28.3. The fourth-order valence-electron chi connectivity index (χ4n) is 0.880. The van der Waals surface area contributed by atoms with Crippen LogP contribution in [0.25, 0.3) is 0 Å². The largest absolute Gasteiger partial charge is 0.369 e. The van der Waals surface area contributed by atoms with Crippen molar-refractivity contribution in [2.45, 2.75) is 45.5 Å². The number of carbonyl (C=O) groups excluding carboxylic acids is 1. The van der Waals surface area contributed by atoms with Crippen LogP contribution in [0.1, 0.15) is 19.8 Å². The van der Waals surface area contributed by atoms with E-state index in [2.05, 4.69) is 31.1 Å². The van der Waals surface area contributed by atoms with Gasteiger partial charge in [-0.3, -0.25) is 0 Å². The molecule has 0 aromatic rings. The summed E-state index contributed by atoms with van der Waals surface area (Å²) in [6.07, 6.45) is 1.19. The van der Waals surface area contributed by atoms with Crippen LogP contribution in [-0.2, 0) is 9.53 Å². The minimum Gasteiger partial charge on any atom is -0.369 e. The third kappa shape index (κ3) is 8.03. The molecule has 0 aromatic heterocycles. The first-order valence-corrected chi connectivity index (χ1v) is 8.40. The molecular formula is C11H20O2Si. The average molecular weight is 212 g/mol. The molecule has 0 heterocycles. The first kappa shape index (κ1) is 13.4. The number of Topliss-reactive ketones (excluding diaryl/α,β-unsaturated/α-hetero) is 1. The zero-order valence-electron chi connectivity index (χ0n) is 9.81. The predicted octanol–water partition coefficient (Wildman–Crippen LogP) is 2.25. The van der Waals surface area contributed by atoms with Gasteiger partial charge >= 0.3 is 0 Å². The summed E-state index contributed by atoms with van der Waals surface area (Å²) in [5.41, 5.74) is 3.25. The van der Waals surface area contributed by atoms with Crippen LogP contribution in [0.2, 0.25) is 19.6 Å². The summed E-state index contributed by atoms with van der Waals surface area (Å²) in [4.78, 5) is 10.8. The molecule has 0 aliphatic rings. The number of hydrogen-bond donors (Lipinski definition) is 0. The molecule has 0 aliphatic heterocycles. The van der Waals surface area contributed by atoms with Crippen LogP contribution in [0.15, 0.2) is 0 Å². The lowest BCUT2D eigenvalue weighted by molar-refractivity contribution is -0.117. The van der Waals surface area contributed by atoms with Crippen molar-refractivity contribution < 1.29 is 9.53 Å². The lowest BCUT2D eigenvalue weighted by Gasteiger charge is -2.09. The molecule has 1 unspecified atom stereocenters. The maximum Gasteiger partial charge on any atom is 0.129 e. The van der Waals surface area contributed by atoms with E-state index in [0.717, 1.165) is 0 Å². The van der Waals surface area contributed by atoms with Crippen LogP contribution in [0.4, 0.5) is 0 Å². The number of ether oxygens (including phenoxy) is 1. The van der Waals surface area contributed by atoms with Crippen LogP contribution >= 0.6 is 0 Å². The molecule has 0 spiro atoms. The van der Waals surface area contributed by atoms with E-state index in [1.807, 2.05) is 0 Å². The van der Waals surface area contributed by atoms with Crippen LogP contribution in [-0.4, -0.2) is 27.1 Å². The highest BCUT2D eigenvalue weighted by molar-refractivity contribution is 6.83. The van der Waals surface area contributed by atoms with E-state index in [-0.39, 0.29) is 11.9 Å². The third-order valence-electron chi connectivity index (χ3n) is 1.65. The van der Waals surface area contributed by atoms with Gasteiger partial charge in [-0.25, -0.2) is 0 Å². The van der Waals surface area contributed by atoms with Gasteiger partial charge in [-0.1, -0.05) is 25.6 Å². The Morgan fingerprint density at radius 2 is 2.00 bits per heavy atom. The molecule has 0 bridgehead atoms. The minimum atomic E-state index is -1.32. The number of rotatable bonds is 4. The Kier molecular flexibility index (Phi) is 5.74. The minimum absolute atomic E-state index is 0.0781.